The van der Waals surface area contributed by atoms with Crippen LogP contribution in [-0.4, -0.2) is 38.4 Å². The Bertz CT molecular complexity index is 1460. The van der Waals surface area contributed by atoms with Crippen molar-refractivity contribution < 1.29 is 27.5 Å². The largest absolute Gasteiger partial charge is 0.423 e. The lowest BCUT2D eigenvalue weighted by atomic mass is 10.2. The monoisotopic (exact) mass is 541 g/mol. The number of carbonyl (C=O) groups excluding carboxylic acids is 2. The lowest BCUT2D eigenvalue weighted by Gasteiger charge is -2.11. The maximum absolute atomic E-state index is 12.8. The highest BCUT2D eigenvalue weighted by Gasteiger charge is 2.30. The molecular formula is C24H18F3N7O3S. The van der Waals surface area contributed by atoms with Crippen LogP contribution in [0.3, 0.4) is 0 Å². The molecule has 0 unspecified atom stereocenters. The summed E-state index contributed by atoms with van der Waals surface area (Å²) in [6.45, 7) is 0.667. The Labute approximate surface area is 217 Å². The van der Waals surface area contributed by atoms with Crippen molar-refractivity contribution in [2.24, 2.45) is 0 Å². The van der Waals surface area contributed by atoms with E-state index in [9.17, 15) is 22.8 Å². The van der Waals surface area contributed by atoms with E-state index in [0.717, 1.165) is 23.4 Å². The Hall–Kier alpha value is -4.59. The van der Waals surface area contributed by atoms with Gasteiger partial charge in [-0.25, -0.2) is 19.7 Å². The molecule has 10 nitrogen and oxygen atoms in total. The molecule has 0 saturated carbocycles. The molecule has 1 saturated heterocycles. The predicted octanol–water partition coefficient (Wildman–Crippen LogP) is 5.58. The van der Waals surface area contributed by atoms with Crippen LogP contribution >= 0.6 is 11.3 Å². The molecule has 0 atom stereocenters. The van der Waals surface area contributed by atoms with Gasteiger partial charge in [-0.15, -0.1) is 0 Å². The van der Waals surface area contributed by atoms with Gasteiger partial charge in [0.2, 0.25) is 5.91 Å². The SMILES string of the molecule is O=C(Nc1cnc(Oc2ccc(-c3cnc(N4CCCC4=O)s3)nc2)nc1)Nc1cccc(C(F)(F)F)c1. The van der Waals surface area contributed by atoms with Crippen molar-refractivity contribution in [3.63, 3.8) is 0 Å². The van der Waals surface area contributed by atoms with Gasteiger partial charge in [-0.2, -0.15) is 13.2 Å². The van der Waals surface area contributed by atoms with Gasteiger partial charge >= 0.3 is 18.2 Å². The molecule has 1 aliphatic rings. The summed E-state index contributed by atoms with van der Waals surface area (Å²) in [7, 11) is 0. The van der Waals surface area contributed by atoms with E-state index in [0.29, 0.717) is 29.5 Å². The van der Waals surface area contributed by atoms with Crippen molar-refractivity contribution in [3.8, 4) is 22.3 Å². The highest BCUT2D eigenvalue weighted by Crippen LogP contribution is 2.33. The van der Waals surface area contributed by atoms with Gasteiger partial charge in [-0.05, 0) is 36.8 Å². The molecule has 194 valence electrons. The molecule has 38 heavy (non-hydrogen) atoms. The van der Waals surface area contributed by atoms with Crippen LogP contribution in [0, 0.1) is 0 Å². The lowest BCUT2D eigenvalue weighted by Crippen LogP contribution is -2.23. The quantitative estimate of drug-likeness (QED) is 0.327. The van der Waals surface area contributed by atoms with E-state index in [4.69, 9.17) is 4.74 Å². The molecule has 0 spiro atoms. The van der Waals surface area contributed by atoms with Crippen LogP contribution in [0.1, 0.15) is 18.4 Å². The number of aromatic nitrogens is 4. The summed E-state index contributed by atoms with van der Waals surface area (Å²) in [5.41, 5.74) is -0.0287. The second kappa shape index (κ2) is 10.4. The van der Waals surface area contributed by atoms with E-state index in [-0.39, 0.29) is 23.3 Å². The van der Waals surface area contributed by atoms with Gasteiger partial charge in [0.15, 0.2) is 5.13 Å². The third kappa shape index (κ3) is 5.86. The van der Waals surface area contributed by atoms with Gasteiger partial charge < -0.3 is 15.4 Å². The number of thiazole rings is 1. The average molecular weight is 542 g/mol. The van der Waals surface area contributed by atoms with Gasteiger partial charge in [-0.1, -0.05) is 17.4 Å². The number of nitrogens with one attached hydrogen (secondary N) is 2. The fourth-order valence-electron chi connectivity index (χ4n) is 3.55. The maximum Gasteiger partial charge on any atom is 0.416 e. The topological polar surface area (TPSA) is 122 Å². The molecule has 0 aliphatic carbocycles. The van der Waals surface area contributed by atoms with Crippen molar-refractivity contribution >= 4 is 39.8 Å². The first-order chi connectivity index (χ1) is 18.2. The number of pyridine rings is 1. The Morgan fingerprint density at radius 2 is 1.76 bits per heavy atom. The number of hydrogen-bond donors (Lipinski definition) is 2. The summed E-state index contributed by atoms with van der Waals surface area (Å²) in [5.74, 6) is 0.441. The average Bonchev–Trinajstić information content (AvgIpc) is 3.54. The van der Waals surface area contributed by atoms with Crippen molar-refractivity contribution in [1.29, 1.82) is 0 Å². The Morgan fingerprint density at radius 3 is 2.45 bits per heavy atom. The number of halogens is 3. The Balaban J connectivity index is 1.16. The second-order valence-electron chi connectivity index (χ2n) is 8.05. The molecule has 14 heteroatoms. The van der Waals surface area contributed by atoms with Crippen LogP contribution in [0.4, 0.5) is 34.5 Å². The number of carbonyl (C=O) groups is 2. The first-order valence-corrected chi connectivity index (χ1v) is 12.0. The minimum atomic E-state index is -4.52. The summed E-state index contributed by atoms with van der Waals surface area (Å²) in [5, 5.41) is 5.41. The normalized spacial score (nSPS) is 13.4. The van der Waals surface area contributed by atoms with Crippen LogP contribution < -0.4 is 20.3 Å². The van der Waals surface area contributed by atoms with E-state index >= 15 is 0 Å². The Kier molecular flexibility index (Phi) is 6.87. The second-order valence-corrected chi connectivity index (χ2v) is 9.06. The summed E-state index contributed by atoms with van der Waals surface area (Å²) in [6, 6.07) is 6.93. The third-order valence-corrected chi connectivity index (χ3v) is 6.37. The van der Waals surface area contributed by atoms with Crippen molar-refractivity contribution in [1.82, 2.24) is 19.9 Å². The molecule has 1 aliphatic heterocycles. The van der Waals surface area contributed by atoms with Crippen molar-refractivity contribution in [2.45, 2.75) is 19.0 Å². The third-order valence-electron chi connectivity index (χ3n) is 5.33. The maximum atomic E-state index is 12.8. The molecule has 5 rings (SSSR count). The Morgan fingerprint density at radius 1 is 0.974 bits per heavy atom. The summed E-state index contributed by atoms with van der Waals surface area (Å²) in [6.07, 6.45) is 2.58. The van der Waals surface area contributed by atoms with Crippen LogP contribution in [0.2, 0.25) is 0 Å². The first kappa shape index (κ1) is 25.1. The molecule has 0 bridgehead atoms. The van der Waals surface area contributed by atoms with Crippen molar-refractivity contribution in [2.75, 3.05) is 22.1 Å². The molecule has 1 fully saturated rings. The van der Waals surface area contributed by atoms with Crippen molar-refractivity contribution in [3.05, 3.63) is 66.7 Å². The van der Waals surface area contributed by atoms with Crippen LogP contribution in [0.15, 0.2) is 61.2 Å². The zero-order chi connectivity index (χ0) is 26.7. The fourth-order valence-corrected chi connectivity index (χ4v) is 4.49. The minimum absolute atomic E-state index is 0.00370. The lowest BCUT2D eigenvalue weighted by molar-refractivity contribution is -0.137. The van der Waals surface area contributed by atoms with Crippen LogP contribution in [-0.2, 0) is 11.0 Å². The number of nitrogens with zero attached hydrogens (tertiary/aromatic N) is 5. The van der Waals surface area contributed by atoms with E-state index in [1.54, 1.807) is 23.2 Å². The highest BCUT2D eigenvalue weighted by molar-refractivity contribution is 7.19. The van der Waals surface area contributed by atoms with E-state index < -0.39 is 17.8 Å². The predicted molar refractivity (Wildman–Crippen MR) is 133 cm³/mol. The number of anilines is 3. The van der Waals surface area contributed by atoms with E-state index in [1.165, 1.54) is 42.1 Å². The summed E-state index contributed by atoms with van der Waals surface area (Å²) >= 11 is 1.38. The highest BCUT2D eigenvalue weighted by atomic mass is 32.1. The van der Waals surface area contributed by atoms with Crippen LogP contribution in [0.5, 0.6) is 11.8 Å². The molecule has 2 N–H and O–H groups in total. The van der Waals surface area contributed by atoms with E-state index in [1.807, 2.05) is 0 Å². The molecule has 3 aromatic heterocycles. The standard InChI is InChI=1S/C24H18F3N7O3S/c25-24(26,27)14-3-1-4-15(9-14)32-21(36)33-16-10-29-22(30-11-16)37-17-6-7-18(28-12-17)19-13-31-23(38-19)34-8-2-5-20(34)35/h1,3-4,6-7,9-13H,2,5,8H2,(H2,32,33,36). The number of alkyl halides is 3. The number of urea groups is 1. The number of ether oxygens (including phenoxy) is 1. The number of hydrogen-bond acceptors (Lipinski definition) is 8. The van der Waals surface area contributed by atoms with Gasteiger partial charge in [0, 0.05) is 24.8 Å². The molecule has 0 radical (unpaired) electrons. The minimum Gasteiger partial charge on any atom is -0.423 e. The molecular weight excluding hydrogens is 523 g/mol. The number of rotatable bonds is 6. The van der Waals surface area contributed by atoms with Gasteiger partial charge in [-0.3, -0.25) is 14.7 Å². The number of benzene rings is 1. The molecule has 1 aromatic carbocycles. The summed E-state index contributed by atoms with van der Waals surface area (Å²) in [4.78, 5) is 43.3. The zero-order valence-electron chi connectivity index (χ0n) is 19.4. The number of amides is 3. The fraction of sp³-hybridized carbons (Fsp3) is 0.167. The molecule has 4 heterocycles. The van der Waals surface area contributed by atoms with Gasteiger partial charge in [0.25, 0.3) is 0 Å². The molecule has 4 aromatic rings. The van der Waals surface area contributed by atoms with Gasteiger partial charge in [0.05, 0.1) is 40.4 Å². The summed E-state index contributed by atoms with van der Waals surface area (Å²) < 4.78 is 44.1. The van der Waals surface area contributed by atoms with Crippen LogP contribution in [0.25, 0.3) is 10.6 Å². The molecule has 3 amide bonds. The smallest absolute Gasteiger partial charge is 0.416 e. The van der Waals surface area contributed by atoms with E-state index in [2.05, 4.69) is 30.6 Å². The van der Waals surface area contributed by atoms with Gasteiger partial charge in [0.1, 0.15) is 5.75 Å². The first-order valence-electron chi connectivity index (χ1n) is 11.2. The zero-order valence-corrected chi connectivity index (χ0v) is 20.2.